The zero-order valence-electron chi connectivity index (χ0n) is 14.3. The average Bonchev–Trinajstić information content (AvgIpc) is 2.65. The lowest BCUT2D eigenvalue weighted by Crippen LogP contribution is -2.16. The third-order valence-corrected chi connectivity index (χ3v) is 4.42. The number of benzene rings is 2. The number of nitrogen functional groups attached to an aromatic ring is 1. The van der Waals surface area contributed by atoms with Crippen LogP contribution in [0.25, 0.3) is 0 Å². The summed E-state index contributed by atoms with van der Waals surface area (Å²) < 4.78 is 16.6. The van der Waals surface area contributed by atoms with Crippen LogP contribution in [0.3, 0.4) is 0 Å². The molecule has 0 amide bonds. The molecule has 0 aliphatic carbocycles. The summed E-state index contributed by atoms with van der Waals surface area (Å²) in [5.41, 5.74) is 8.59. The fourth-order valence-corrected chi connectivity index (χ4v) is 3.23. The third kappa shape index (κ3) is 2.45. The highest BCUT2D eigenvalue weighted by Crippen LogP contribution is 2.49. The first-order chi connectivity index (χ1) is 12.6. The molecule has 0 spiro atoms. The van der Waals surface area contributed by atoms with Gasteiger partial charge in [0.1, 0.15) is 23.6 Å². The Balaban J connectivity index is 1.96. The Morgan fingerprint density at radius 3 is 2.62 bits per heavy atom. The van der Waals surface area contributed by atoms with Gasteiger partial charge in [0.15, 0.2) is 11.5 Å². The van der Waals surface area contributed by atoms with Gasteiger partial charge in [-0.05, 0) is 23.8 Å². The van der Waals surface area contributed by atoms with Gasteiger partial charge < -0.3 is 25.1 Å². The van der Waals surface area contributed by atoms with Gasteiger partial charge in [0, 0.05) is 17.5 Å². The van der Waals surface area contributed by atoms with Crippen molar-refractivity contribution in [2.75, 3.05) is 20.0 Å². The minimum absolute atomic E-state index is 0.111. The van der Waals surface area contributed by atoms with Gasteiger partial charge in [-0.2, -0.15) is 0 Å². The minimum Gasteiger partial charge on any atom is -0.508 e. The highest BCUT2D eigenvalue weighted by Gasteiger charge is 2.33. The number of phenols is 1. The van der Waals surface area contributed by atoms with E-state index in [1.807, 2.05) is 18.2 Å². The van der Waals surface area contributed by atoms with Crippen LogP contribution < -0.4 is 19.9 Å². The normalized spacial score (nSPS) is 14.8. The summed E-state index contributed by atoms with van der Waals surface area (Å²) in [7, 11) is 3.17. The first-order valence-corrected chi connectivity index (χ1v) is 7.95. The maximum Gasteiger partial charge on any atom is 0.228 e. The molecule has 132 valence electrons. The zero-order valence-corrected chi connectivity index (χ0v) is 14.3. The van der Waals surface area contributed by atoms with Crippen molar-refractivity contribution in [2.45, 2.75) is 5.92 Å². The number of methoxy groups -OCH3 is 2. The second-order valence-corrected chi connectivity index (χ2v) is 5.85. The molecule has 0 fully saturated rings. The van der Waals surface area contributed by atoms with Crippen LogP contribution >= 0.6 is 0 Å². The van der Waals surface area contributed by atoms with Crippen molar-refractivity contribution in [3.63, 3.8) is 0 Å². The summed E-state index contributed by atoms with van der Waals surface area (Å²) in [5.74, 6) is 2.32. The van der Waals surface area contributed by atoms with E-state index >= 15 is 0 Å². The summed E-state index contributed by atoms with van der Waals surface area (Å²) in [6, 6.07) is 10.6. The highest BCUT2D eigenvalue weighted by atomic mass is 16.5. The van der Waals surface area contributed by atoms with Crippen molar-refractivity contribution in [3.05, 3.63) is 59.4 Å². The Kier molecular flexibility index (Phi) is 3.76. The number of hydrogen-bond donors (Lipinski definition) is 2. The second kappa shape index (κ2) is 6.11. The second-order valence-electron chi connectivity index (χ2n) is 5.85. The molecule has 7 nitrogen and oxygen atoms in total. The molecule has 7 heteroatoms. The van der Waals surface area contributed by atoms with Crippen molar-refractivity contribution in [1.82, 2.24) is 9.97 Å². The third-order valence-electron chi connectivity index (χ3n) is 4.42. The molecule has 0 saturated carbocycles. The maximum absolute atomic E-state index is 9.82. The number of aromatic nitrogens is 2. The zero-order chi connectivity index (χ0) is 18.3. The summed E-state index contributed by atoms with van der Waals surface area (Å²) >= 11 is 0. The SMILES string of the molecule is COc1ccc(C2c3ccc(O)cc3Oc3ncnc(N)c32)cc1OC. The summed E-state index contributed by atoms with van der Waals surface area (Å²) in [4.78, 5) is 8.33. The predicted molar refractivity (Wildman–Crippen MR) is 95.1 cm³/mol. The van der Waals surface area contributed by atoms with Crippen molar-refractivity contribution in [2.24, 2.45) is 0 Å². The van der Waals surface area contributed by atoms with E-state index < -0.39 is 0 Å². The monoisotopic (exact) mass is 351 g/mol. The molecule has 3 N–H and O–H groups in total. The number of hydrogen-bond acceptors (Lipinski definition) is 7. The molecule has 26 heavy (non-hydrogen) atoms. The molecule has 2 heterocycles. The Morgan fingerprint density at radius 2 is 1.85 bits per heavy atom. The van der Waals surface area contributed by atoms with Gasteiger partial charge in [-0.1, -0.05) is 12.1 Å². The van der Waals surface area contributed by atoms with Gasteiger partial charge in [-0.25, -0.2) is 9.97 Å². The Hall–Kier alpha value is -3.48. The average molecular weight is 351 g/mol. The van der Waals surface area contributed by atoms with Crippen molar-refractivity contribution >= 4 is 5.82 Å². The van der Waals surface area contributed by atoms with Crippen molar-refractivity contribution in [3.8, 4) is 28.9 Å². The van der Waals surface area contributed by atoms with Gasteiger partial charge in [0.25, 0.3) is 0 Å². The standard InChI is InChI=1S/C19H17N3O4/c1-24-13-6-3-10(7-15(13)25-2)16-12-5-4-11(23)8-14(12)26-19-17(16)18(20)21-9-22-19/h3-9,16,23H,1-2H3,(H2,20,21,22). The number of nitrogens with two attached hydrogens (primary N) is 1. The molecule has 0 bridgehead atoms. The molecule has 1 aliphatic heterocycles. The predicted octanol–water partition coefficient (Wildman–Crippen LogP) is 3.07. The van der Waals surface area contributed by atoms with Crippen LogP contribution in [0.5, 0.6) is 28.9 Å². The van der Waals surface area contributed by atoms with Crippen LogP contribution in [-0.4, -0.2) is 29.3 Å². The molecule has 1 aromatic heterocycles. The van der Waals surface area contributed by atoms with E-state index in [-0.39, 0.29) is 11.7 Å². The smallest absolute Gasteiger partial charge is 0.228 e. The highest BCUT2D eigenvalue weighted by molar-refractivity contribution is 5.64. The number of rotatable bonds is 3. The van der Waals surface area contributed by atoms with Crippen LogP contribution in [0.15, 0.2) is 42.7 Å². The number of anilines is 1. The number of ether oxygens (including phenoxy) is 3. The fraction of sp³-hybridized carbons (Fsp3) is 0.158. The molecule has 1 atom stereocenters. The molecule has 0 saturated heterocycles. The number of fused-ring (bicyclic) bond motifs is 2. The van der Waals surface area contributed by atoms with Crippen LogP contribution in [0.4, 0.5) is 5.82 Å². The van der Waals surface area contributed by atoms with Crippen LogP contribution in [0.1, 0.15) is 22.6 Å². The van der Waals surface area contributed by atoms with E-state index in [0.29, 0.717) is 34.5 Å². The summed E-state index contributed by atoms with van der Waals surface area (Å²) in [6.07, 6.45) is 1.35. The van der Waals surface area contributed by atoms with Gasteiger partial charge in [0.05, 0.1) is 19.8 Å². The molecule has 3 aromatic rings. The Bertz CT molecular complexity index is 991. The fourth-order valence-electron chi connectivity index (χ4n) is 3.23. The summed E-state index contributed by atoms with van der Waals surface area (Å²) in [6.45, 7) is 0. The molecule has 1 unspecified atom stereocenters. The van der Waals surface area contributed by atoms with Gasteiger partial charge in [-0.15, -0.1) is 0 Å². The lowest BCUT2D eigenvalue weighted by atomic mass is 9.83. The molecular weight excluding hydrogens is 334 g/mol. The van der Waals surface area contributed by atoms with Crippen LogP contribution in [-0.2, 0) is 0 Å². The molecule has 2 aromatic carbocycles. The molecule has 4 rings (SSSR count). The quantitative estimate of drug-likeness (QED) is 0.585. The molecule has 0 radical (unpaired) electrons. The number of aromatic hydroxyl groups is 1. The number of nitrogens with zero attached hydrogens (tertiary/aromatic N) is 2. The van der Waals surface area contributed by atoms with E-state index in [1.165, 1.54) is 6.33 Å². The number of phenolic OH excluding ortho intramolecular Hbond substituents is 1. The minimum atomic E-state index is -0.268. The topological polar surface area (TPSA) is 99.7 Å². The van der Waals surface area contributed by atoms with E-state index in [1.54, 1.807) is 32.4 Å². The Labute approximate surface area is 150 Å². The van der Waals surface area contributed by atoms with Gasteiger partial charge in [0.2, 0.25) is 5.88 Å². The van der Waals surface area contributed by atoms with E-state index in [0.717, 1.165) is 11.1 Å². The van der Waals surface area contributed by atoms with Crippen molar-refractivity contribution < 1.29 is 19.3 Å². The summed E-state index contributed by atoms with van der Waals surface area (Å²) in [5, 5.41) is 9.82. The maximum atomic E-state index is 9.82. The van der Waals surface area contributed by atoms with E-state index in [9.17, 15) is 5.11 Å². The first kappa shape index (κ1) is 16.0. The molecule has 1 aliphatic rings. The van der Waals surface area contributed by atoms with E-state index in [2.05, 4.69) is 9.97 Å². The van der Waals surface area contributed by atoms with Crippen molar-refractivity contribution in [1.29, 1.82) is 0 Å². The van der Waals surface area contributed by atoms with Gasteiger partial charge in [-0.3, -0.25) is 0 Å². The van der Waals surface area contributed by atoms with Crippen LogP contribution in [0, 0.1) is 0 Å². The Morgan fingerprint density at radius 1 is 1.04 bits per heavy atom. The molecular formula is C19H17N3O4. The van der Waals surface area contributed by atoms with E-state index in [4.69, 9.17) is 19.9 Å². The lowest BCUT2D eigenvalue weighted by Gasteiger charge is -2.28. The first-order valence-electron chi connectivity index (χ1n) is 7.95. The lowest BCUT2D eigenvalue weighted by molar-refractivity contribution is 0.354. The van der Waals surface area contributed by atoms with Crippen LogP contribution in [0.2, 0.25) is 0 Å². The van der Waals surface area contributed by atoms with Gasteiger partial charge >= 0.3 is 0 Å². The largest absolute Gasteiger partial charge is 0.508 e.